The van der Waals surface area contributed by atoms with E-state index in [1.165, 1.54) is 0 Å². The number of hydrogen-bond acceptors (Lipinski definition) is 0. The van der Waals surface area contributed by atoms with Gasteiger partial charge in [-0.15, -0.1) is 11.6 Å². The maximum Gasteiger partial charge on any atom is 0.143 e. The monoisotopic (exact) mass is 141 g/mol. The van der Waals surface area contributed by atoms with Crippen LogP contribution in [0.2, 0.25) is 0 Å². The highest BCUT2D eigenvalue weighted by Crippen LogP contribution is 1.98. The second kappa shape index (κ2) is 3.97. The highest BCUT2D eigenvalue weighted by Gasteiger charge is 1.95. The summed E-state index contributed by atoms with van der Waals surface area (Å²) in [5.74, 6) is 0. The second-order valence-electron chi connectivity index (χ2n) is 1.04. The molecule has 0 bridgehead atoms. The summed E-state index contributed by atoms with van der Waals surface area (Å²) in [6, 6.07) is 0. The molecule has 0 saturated carbocycles. The van der Waals surface area contributed by atoms with Gasteiger partial charge in [0.1, 0.15) is 8.83 Å². The van der Waals surface area contributed by atoms with E-state index in [2.05, 4.69) is 6.92 Å². The van der Waals surface area contributed by atoms with E-state index in [9.17, 15) is 0 Å². The van der Waals surface area contributed by atoms with Gasteiger partial charge in [-0.1, -0.05) is 6.92 Å². The summed E-state index contributed by atoms with van der Waals surface area (Å²) in [5.41, 5.74) is 0. The molecule has 0 saturated heterocycles. The average Bonchev–Trinajstić information content (AvgIpc) is 1.65. The summed E-state index contributed by atoms with van der Waals surface area (Å²) in [7, 11) is -0.486. The molecule has 1 atom stereocenters. The van der Waals surface area contributed by atoms with Crippen LogP contribution in [0.4, 0.5) is 0 Å². The Bertz CT molecular complexity index is 28.0. The zero-order chi connectivity index (χ0) is 4.99. The standard InChI is InChI=1S/C3H7Cl2Si/c1-2-3(4)6-5/h3H,1-2,6H2. The quantitative estimate of drug-likeness (QED) is 0.307. The fourth-order valence-electron chi connectivity index (χ4n) is 0.0772. The van der Waals surface area contributed by atoms with Crippen LogP contribution in [0.15, 0.2) is 0 Å². The van der Waals surface area contributed by atoms with E-state index < -0.39 is 8.83 Å². The van der Waals surface area contributed by atoms with Gasteiger partial charge in [0.25, 0.3) is 0 Å². The maximum absolute atomic E-state index is 5.52. The van der Waals surface area contributed by atoms with Crippen LogP contribution in [0.25, 0.3) is 0 Å². The van der Waals surface area contributed by atoms with Crippen molar-refractivity contribution in [3.8, 4) is 0 Å². The number of alkyl halides is 1. The lowest BCUT2D eigenvalue weighted by atomic mass is 10.6. The van der Waals surface area contributed by atoms with Gasteiger partial charge in [-0.2, -0.15) is 11.1 Å². The third-order valence-electron chi connectivity index (χ3n) is 0.481. The minimum absolute atomic E-state index is 0.201. The Hall–Kier alpha value is 0.797. The Kier molecular flexibility index (Phi) is 4.50. The first-order valence-electron chi connectivity index (χ1n) is 1.80. The van der Waals surface area contributed by atoms with Crippen LogP contribution in [-0.4, -0.2) is 13.8 Å². The summed E-state index contributed by atoms with van der Waals surface area (Å²) >= 11 is 10.9. The van der Waals surface area contributed by atoms with Gasteiger partial charge in [0.15, 0.2) is 0 Å². The van der Waals surface area contributed by atoms with Crippen molar-refractivity contribution in [3.05, 3.63) is 6.92 Å². The molecule has 1 radical (unpaired) electrons. The summed E-state index contributed by atoms with van der Waals surface area (Å²) in [6.07, 6.45) is 0.775. The van der Waals surface area contributed by atoms with Gasteiger partial charge in [0, 0.05) is 5.00 Å². The van der Waals surface area contributed by atoms with Crippen molar-refractivity contribution < 1.29 is 0 Å². The zero-order valence-corrected chi connectivity index (χ0v) is 6.38. The third-order valence-corrected chi connectivity index (χ3v) is 3.50. The van der Waals surface area contributed by atoms with E-state index in [1.807, 2.05) is 0 Å². The number of rotatable bonds is 2. The van der Waals surface area contributed by atoms with Gasteiger partial charge in [0.2, 0.25) is 0 Å². The molecule has 0 aliphatic carbocycles. The van der Waals surface area contributed by atoms with Crippen molar-refractivity contribution in [1.82, 2.24) is 0 Å². The summed E-state index contributed by atoms with van der Waals surface area (Å²) in [5, 5.41) is 0.201. The number of halogens is 2. The first-order chi connectivity index (χ1) is 2.81. The highest BCUT2D eigenvalue weighted by atomic mass is 35.6. The van der Waals surface area contributed by atoms with E-state index in [1.54, 1.807) is 0 Å². The first kappa shape index (κ1) is 6.80. The molecule has 0 spiro atoms. The summed E-state index contributed by atoms with van der Waals surface area (Å²) < 4.78 is 0. The van der Waals surface area contributed by atoms with Crippen molar-refractivity contribution in [2.24, 2.45) is 0 Å². The molecule has 6 heavy (non-hydrogen) atoms. The van der Waals surface area contributed by atoms with Gasteiger partial charge in [0.05, 0.1) is 0 Å². The molecule has 0 heterocycles. The normalized spacial score (nSPS) is 16.5. The van der Waals surface area contributed by atoms with Crippen molar-refractivity contribution >= 4 is 31.5 Å². The van der Waals surface area contributed by atoms with Crippen LogP contribution in [0.5, 0.6) is 0 Å². The average molecular weight is 142 g/mol. The minimum Gasteiger partial charge on any atom is -0.175 e. The predicted octanol–water partition coefficient (Wildman–Crippen LogP) is 1.10. The molecule has 1 unspecified atom stereocenters. The van der Waals surface area contributed by atoms with Crippen LogP contribution in [-0.2, 0) is 0 Å². The molecule has 0 amide bonds. The van der Waals surface area contributed by atoms with Gasteiger partial charge in [-0.05, 0) is 6.42 Å². The molecule has 0 nitrogen and oxygen atoms in total. The van der Waals surface area contributed by atoms with Crippen LogP contribution in [0.3, 0.4) is 0 Å². The van der Waals surface area contributed by atoms with Crippen LogP contribution >= 0.6 is 22.7 Å². The molecular weight excluding hydrogens is 135 g/mol. The SMILES string of the molecule is [CH2]CC(Cl)[SiH2]Cl. The van der Waals surface area contributed by atoms with E-state index in [-0.39, 0.29) is 5.00 Å². The van der Waals surface area contributed by atoms with Gasteiger partial charge in [-0.3, -0.25) is 0 Å². The van der Waals surface area contributed by atoms with Gasteiger partial charge in [-0.25, -0.2) is 0 Å². The van der Waals surface area contributed by atoms with Crippen LogP contribution in [0.1, 0.15) is 6.42 Å². The summed E-state index contributed by atoms with van der Waals surface area (Å²) in [4.78, 5) is 0. The van der Waals surface area contributed by atoms with Gasteiger partial charge < -0.3 is 0 Å². The van der Waals surface area contributed by atoms with E-state index in [0.717, 1.165) is 6.42 Å². The minimum atomic E-state index is -0.486. The van der Waals surface area contributed by atoms with Crippen LogP contribution in [0, 0.1) is 6.92 Å². The molecule has 0 aliphatic rings. The molecule has 0 aromatic carbocycles. The number of hydrogen-bond donors (Lipinski definition) is 0. The maximum atomic E-state index is 5.52. The van der Waals surface area contributed by atoms with E-state index in [4.69, 9.17) is 22.7 Å². The Morgan fingerprint density at radius 3 is 2.33 bits per heavy atom. The predicted molar refractivity (Wildman–Crippen MR) is 34.0 cm³/mol. The Balaban J connectivity index is 2.75. The van der Waals surface area contributed by atoms with E-state index >= 15 is 0 Å². The largest absolute Gasteiger partial charge is 0.175 e. The lowest BCUT2D eigenvalue weighted by Crippen LogP contribution is -1.99. The Morgan fingerprint density at radius 1 is 1.83 bits per heavy atom. The molecule has 0 aromatic heterocycles. The lowest BCUT2D eigenvalue weighted by molar-refractivity contribution is 1.15. The van der Waals surface area contributed by atoms with Crippen molar-refractivity contribution in [2.75, 3.05) is 0 Å². The Labute approximate surface area is 50.4 Å². The first-order valence-corrected chi connectivity index (χ1v) is 5.19. The van der Waals surface area contributed by atoms with E-state index in [0.29, 0.717) is 0 Å². The topological polar surface area (TPSA) is 0 Å². The zero-order valence-electron chi connectivity index (χ0n) is 3.45. The third kappa shape index (κ3) is 3.01. The Morgan fingerprint density at radius 2 is 2.33 bits per heavy atom. The molecule has 3 heteroatoms. The fourth-order valence-corrected chi connectivity index (χ4v) is 0.694. The summed E-state index contributed by atoms with van der Waals surface area (Å²) in [6.45, 7) is 3.57. The molecule has 0 fully saturated rings. The lowest BCUT2D eigenvalue weighted by Gasteiger charge is -1.92. The smallest absolute Gasteiger partial charge is 0.143 e. The molecule has 0 aliphatic heterocycles. The van der Waals surface area contributed by atoms with Crippen molar-refractivity contribution in [2.45, 2.75) is 11.4 Å². The van der Waals surface area contributed by atoms with Crippen molar-refractivity contribution in [1.29, 1.82) is 0 Å². The van der Waals surface area contributed by atoms with Crippen LogP contribution < -0.4 is 0 Å². The molecular formula is C3H7Cl2Si. The molecule has 0 rings (SSSR count). The van der Waals surface area contributed by atoms with Gasteiger partial charge >= 0.3 is 0 Å². The fraction of sp³-hybridized carbons (Fsp3) is 0.667. The molecule has 37 valence electrons. The molecule has 0 N–H and O–H groups in total. The molecule has 0 aromatic rings. The van der Waals surface area contributed by atoms with Crippen molar-refractivity contribution in [3.63, 3.8) is 0 Å². The highest BCUT2D eigenvalue weighted by molar-refractivity contribution is 6.97. The second-order valence-corrected chi connectivity index (χ2v) is 4.40.